The number of rotatable bonds is 7. The van der Waals surface area contributed by atoms with Crippen molar-refractivity contribution in [3.63, 3.8) is 0 Å². The summed E-state index contributed by atoms with van der Waals surface area (Å²) in [5.41, 5.74) is -1.31. The van der Waals surface area contributed by atoms with Gasteiger partial charge < -0.3 is 15.0 Å². The number of hydrogen-bond acceptors (Lipinski definition) is 8. The first-order chi connectivity index (χ1) is 15.6. The van der Waals surface area contributed by atoms with Crippen molar-refractivity contribution in [1.82, 2.24) is 4.90 Å². The van der Waals surface area contributed by atoms with Crippen molar-refractivity contribution in [1.29, 1.82) is 0 Å². The average molecular weight is 486 g/mol. The lowest BCUT2D eigenvalue weighted by molar-refractivity contribution is -0.384. The molecule has 33 heavy (non-hydrogen) atoms. The van der Waals surface area contributed by atoms with Crippen molar-refractivity contribution in [2.24, 2.45) is 0 Å². The van der Waals surface area contributed by atoms with Crippen LogP contribution in [0.1, 0.15) is 22.8 Å². The molecule has 1 saturated heterocycles. The smallest absolute Gasteiger partial charge is 0.416 e. The van der Waals surface area contributed by atoms with Gasteiger partial charge in [-0.3, -0.25) is 19.8 Å². The molecule has 1 aliphatic rings. The van der Waals surface area contributed by atoms with E-state index in [9.17, 15) is 32.9 Å². The van der Waals surface area contributed by atoms with Crippen molar-refractivity contribution < 1.29 is 32.4 Å². The minimum Gasteiger partial charge on any atom is -0.462 e. The number of anilines is 2. The van der Waals surface area contributed by atoms with E-state index in [0.29, 0.717) is 37.2 Å². The van der Waals surface area contributed by atoms with Crippen LogP contribution in [0.15, 0.2) is 29.6 Å². The number of benzene rings is 1. The maximum absolute atomic E-state index is 12.9. The van der Waals surface area contributed by atoms with E-state index in [-0.39, 0.29) is 30.3 Å². The zero-order chi connectivity index (χ0) is 24.2. The summed E-state index contributed by atoms with van der Waals surface area (Å²) in [5.74, 6) is -0.863. The number of thiophene rings is 1. The second-order valence-corrected chi connectivity index (χ2v) is 8.07. The molecule has 1 amide bonds. The lowest BCUT2D eigenvalue weighted by atomic mass is 10.1. The van der Waals surface area contributed by atoms with Crippen LogP contribution in [0.25, 0.3) is 0 Å². The fourth-order valence-electron chi connectivity index (χ4n) is 3.41. The van der Waals surface area contributed by atoms with Gasteiger partial charge in [-0.1, -0.05) is 0 Å². The molecule has 0 atom stereocenters. The Morgan fingerprint density at radius 3 is 2.52 bits per heavy atom. The van der Waals surface area contributed by atoms with Crippen molar-refractivity contribution in [2.75, 3.05) is 49.5 Å². The summed E-state index contributed by atoms with van der Waals surface area (Å²) in [6.07, 6.45) is -4.68. The number of nitro groups is 1. The molecule has 0 spiro atoms. The van der Waals surface area contributed by atoms with Gasteiger partial charge in [0.2, 0.25) is 5.91 Å². The zero-order valence-corrected chi connectivity index (χ0v) is 18.4. The van der Waals surface area contributed by atoms with Crippen LogP contribution in [-0.2, 0) is 15.7 Å². The Morgan fingerprint density at radius 1 is 1.21 bits per heavy atom. The highest BCUT2D eigenvalue weighted by Crippen LogP contribution is 2.36. The lowest BCUT2D eigenvalue weighted by Gasteiger charge is -2.35. The third-order valence-corrected chi connectivity index (χ3v) is 5.82. The van der Waals surface area contributed by atoms with E-state index in [1.807, 2.05) is 4.90 Å². The van der Waals surface area contributed by atoms with Gasteiger partial charge >= 0.3 is 12.1 Å². The van der Waals surface area contributed by atoms with Crippen LogP contribution in [0.4, 0.5) is 29.5 Å². The molecule has 0 bridgehead atoms. The molecule has 3 rings (SSSR count). The molecule has 9 nitrogen and oxygen atoms in total. The molecule has 1 aromatic carbocycles. The number of nitro benzene ring substituents is 1. The predicted octanol–water partition coefficient (Wildman–Crippen LogP) is 3.61. The molecule has 0 unspecified atom stereocenters. The topological polar surface area (TPSA) is 105 Å². The van der Waals surface area contributed by atoms with Gasteiger partial charge in [0.05, 0.1) is 29.2 Å². The van der Waals surface area contributed by atoms with Gasteiger partial charge in [0.1, 0.15) is 10.7 Å². The third kappa shape index (κ3) is 5.99. The molecule has 0 aliphatic carbocycles. The predicted molar refractivity (Wildman–Crippen MR) is 116 cm³/mol. The monoisotopic (exact) mass is 486 g/mol. The molecule has 1 aromatic heterocycles. The van der Waals surface area contributed by atoms with Gasteiger partial charge in [0.25, 0.3) is 5.69 Å². The first kappa shape index (κ1) is 24.5. The van der Waals surface area contributed by atoms with Crippen molar-refractivity contribution in [3.8, 4) is 0 Å². The molecule has 1 N–H and O–H groups in total. The van der Waals surface area contributed by atoms with Gasteiger partial charge in [-0.25, -0.2) is 4.79 Å². The second kappa shape index (κ2) is 10.2. The fourth-order valence-corrected chi connectivity index (χ4v) is 4.20. The molecule has 2 aromatic rings. The summed E-state index contributed by atoms with van der Waals surface area (Å²) >= 11 is 1.20. The van der Waals surface area contributed by atoms with Crippen LogP contribution in [0.2, 0.25) is 0 Å². The normalized spacial score (nSPS) is 14.7. The van der Waals surface area contributed by atoms with E-state index in [1.165, 1.54) is 11.3 Å². The van der Waals surface area contributed by atoms with Gasteiger partial charge in [-0.2, -0.15) is 13.2 Å². The van der Waals surface area contributed by atoms with Crippen LogP contribution < -0.4 is 10.2 Å². The van der Waals surface area contributed by atoms with E-state index in [1.54, 1.807) is 23.3 Å². The van der Waals surface area contributed by atoms with Gasteiger partial charge in [0.15, 0.2) is 0 Å². The largest absolute Gasteiger partial charge is 0.462 e. The highest BCUT2D eigenvalue weighted by molar-refractivity contribution is 7.14. The summed E-state index contributed by atoms with van der Waals surface area (Å²) in [4.78, 5) is 38.3. The summed E-state index contributed by atoms with van der Waals surface area (Å²) in [5, 5.41) is 16.1. The number of esters is 1. The average Bonchev–Trinajstić information content (AvgIpc) is 3.21. The Hall–Kier alpha value is -3.19. The number of nitrogens with one attached hydrogen (secondary N) is 1. The first-order valence-electron chi connectivity index (χ1n) is 9.97. The van der Waals surface area contributed by atoms with E-state index in [4.69, 9.17) is 4.74 Å². The van der Waals surface area contributed by atoms with E-state index in [0.717, 1.165) is 12.1 Å². The lowest BCUT2D eigenvalue weighted by Crippen LogP contribution is -2.48. The minimum absolute atomic E-state index is 0.0309. The quantitative estimate of drug-likeness (QED) is 0.362. The Labute approximate surface area is 190 Å². The summed E-state index contributed by atoms with van der Waals surface area (Å²) in [6.45, 7) is 3.27. The summed E-state index contributed by atoms with van der Waals surface area (Å²) in [6, 6.07) is 4.03. The van der Waals surface area contributed by atoms with Gasteiger partial charge in [-0.05, 0) is 30.5 Å². The zero-order valence-electron chi connectivity index (χ0n) is 17.6. The molecule has 1 fully saturated rings. The molecule has 0 radical (unpaired) electrons. The maximum atomic E-state index is 12.9. The van der Waals surface area contributed by atoms with Crippen LogP contribution in [0, 0.1) is 10.1 Å². The summed E-state index contributed by atoms with van der Waals surface area (Å²) in [7, 11) is 0. The van der Waals surface area contributed by atoms with Gasteiger partial charge in [0, 0.05) is 32.2 Å². The number of hydrogen-bond donors (Lipinski definition) is 1. The number of carbonyl (C=O) groups is 2. The maximum Gasteiger partial charge on any atom is 0.416 e. The molecular weight excluding hydrogens is 465 g/mol. The molecule has 178 valence electrons. The molecule has 2 heterocycles. The molecule has 1 aliphatic heterocycles. The van der Waals surface area contributed by atoms with Crippen molar-refractivity contribution in [3.05, 3.63) is 50.9 Å². The van der Waals surface area contributed by atoms with Crippen LogP contribution >= 0.6 is 11.3 Å². The Bertz CT molecular complexity index is 1030. The Morgan fingerprint density at radius 2 is 1.91 bits per heavy atom. The van der Waals surface area contributed by atoms with Crippen molar-refractivity contribution in [2.45, 2.75) is 13.1 Å². The van der Waals surface area contributed by atoms with Crippen LogP contribution in [0.3, 0.4) is 0 Å². The molecule has 13 heteroatoms. The van der Waals surface area contributed by atoms with E-state index in [2.05, 4.69) is 5.32 Å². The Kier molecular flexibility index (Phi) is 7.53. The highest BCUT2D eigenvalue weighted by atomic mass is 32.1. The highest BCUT2D eigenvalue weighted by Gasteiger charge is 2.34. The second-order valence-electron chi connectivity index (χ2n) is 7.15. The standard InChI is InChI=1S/C20H21F3N4O5S/c1-2-32-19(29)14-5-10-33-18(14)24-17(28)12-25-6-8-26(9-7-25)15-4-3-13(20(21,22)23)11-16(15)27(30)31/h3-5,10-11H,2,6-9,12H2,1H3,(H,24,28). The minimum atomic E-state index is -4.68. The third-order valence-electron chi connectivity index (χ3n) is 4.99. The molecule has 0 saturated carbocycles. The fraction of sp³-hybridized carbons (Fsp3) is 0.400. The number of nitrogens with zero attached hydrogens (tertiary/aromatic N) is 3. The SMILES string of the molecule is CCOC(=O)c1ccsc1NC(=O)CN1CCN(c2ccc(C(F)(F)F)cc2[N+](=O)[O-])CC1. The molecular formula is C20H21F3N4O5S. The number of halogens is 3. The van der Waals surface area contributed by atoms with Crippen LogP contribution in [0.5, 0.6) is 0 Å². The van der Waals surface area contributed by atoms with E-state index >= 15 is 0 Å². The number of ether oxygens (including phenoxy) is 1. The number of alkyl halides is 3. The van der Waals surface area contributed by atoms with Crippen molar-refractivity contribution >= 4 is 39.6 Å². The number of amides is 1. The summed E-state index contributed by atoms with van der Waals surface area (Å²) < 4.78 is 43.7. The van der Waals surface area contributed by atoms with Crippen LogP contribution in [-0.4, -0.2) is 61.0 Å². The first-order valence-corrected chi connectivity index (χ1v) is 10.9. The number of piperazine rings is 1. The number of carbonyl (C=O) groups excluding carboxylic acids is 2. The van der Waals surface area contributed by atoms with E-state index < -0.39 is 28.3 Å². The van der Waals surface area contributed by atoms with Gasteiger partial charge in [-0.15, -0.1) is 11.3 Å². The Balaban J connectivity index is 1.60.